The van der Waals surface area contributed by atoms with E-state index in [-0.39, 0.29) is 23.7 Å². The van der Waals surface area contributed by atoms with E-state index >= 15 is 0 Å². The van der Waals surface area contributed by atoms with Gasteiger partial charge in [-0.2, -0.15) is 4.98 Å². The monoisotopic (exact) mass is 345 g/mol. The Morgan fingerprint density at radius 1 is 1.52 bits per heavy atom. The number of hydrogen-bond acceptors (Lipinski definition) is 9. The number of hydrogen-bond donors (Lipinski definition) is 4. The fraction of sp³-hybridized carbons (Fsp3) is 0.500. The van der Waals surface area contributed by atoms with Crippen LogP contribution in [-0.4, -0.2) is 54.4 Å². The number of aromatic amines is 1. The molecule has 3 unspecified atom stereocenters. The van der Waals surface area contributed by atoms with Crippen LogP contribution < -0.4 is 11.3 Å². The Hall–Kier alpha value is -1.82. The first-order valence-electron chi connectivity index (χ1n) is 6.57. The molecule has 2 aliphatic heterocycles. The average Bonchev–Trinajstić information content (AvgIpc) is 3.00. The number of nitrogens with zero attached hydrogens (tertiary/aromatic N) is 3. The SMILES string of the molecule is Nc1nc2c(ncn2[C@@H]2OC3COP(=O)(O)O[C@@H]3C2O)c(=O)[nH]1. The molecule has 0 saturated carbocycles. The molecule has 0 bridgehead atoms. The van der Waals surface area contributed by atoms with E-state index in [4.69, 9.17) is 15.0 Å². The van der Waals surface area contributed by atoms with Crippen molar-refractivity contribution in [1.82, 2.24) is 19.5 Å². The second-order valence-corrected chi connectivity index (χ2v) is 6.57. The summed E-state index contributed by atoms with van der Waals surface area (Å²) in [4.78, 5) is 31.3. The fourth-order valence-electron chi connectivity index (χ4n) is 2.69. The van der Waals surface area contributed by atoms with Crippen molar-refractivity contribution in [3.8, 4) is 0 Å². The number of phosphoric acid groups is 1. The van der Waals surface area contributed by atoms with Crippen molar-refractivity contribution in [3.63, 3.8) is 0 Å². The number of phosphoric ester groups is 1. The lowest BCUT2D eigenvalue weighted by molar-refractivity contribution is -0.0664. The Morgan fingerprint density at radius 2 is 2.30 bits per heavy atom. The van der Waals surface area contributed by atoms with Gasteiger partial charge in [-0.05, 0) is 0 Å². The minimum Gasteiger partial charge on any atom is -0.386 e. The molecule has 0 radical (unpaired) electrons. The average molecular weight is 345 g/mol. The molecule has 124 valence electrons. The van der Waals surface area contributed by atoms with Crippen molar-refractivity contribution in [2.24, 2.45) is 0 Å². The van der Waals surface area contributed by atoms with Gasteiger partial charge in [0, 0.05) is 0 Å². The van der Waals surface area contributed by atoms with Crippen LogP contribution in [0.4, 0.5) is 5.95 Å². The van der Waals surface area contributed by atoms with Gasteiger partial charge in [0.1, 0.15) is 18.3 Å². The predicted molar refractivity (Wildman–Crippen MR) is 73.1 cm³/mol. The van der Waals surface area contributed by atoms with Crippen LogP contribution in [0.1, 0.15) is 6.23 Å². The van der Waals surface area contributed by atoms with Crippen LogP contribution in [0.5, 0.6) is 0 Å². The van der Waals surface area contributed by atoms with Crippen molar-refractivity contribution in [3.05, 3.63) is 16.7 Å². The molecule has 0 amide bonds. The van der Waals surface area contributed by atoms with Crippen molar-refractivity contribution in [2.75, 3.05) is 12.3 Å². The molecule has 2 aliphatic rings. The van der Waals surface area contributed by atoms with Crippen LogP contribution in [0.2, 0.25) is 0 Å². The lowest BCUT2D eigenvalue weighted by Crippen LogP contribution is -2.39. The topological polar surface area (TPSA) is 175 Å². The second kappa shape index (κ2) is 4.84. The quantitative estimate of drug-likeness (QED) is 0.444. The van der Waals surface area contributed by atoms with Crippen LogP contribution in [0.3, 0.4) is 0 Å². The molecule has 2 fully saturated rings. The highest BCUT2D eigenvalue weighted by molar-refractivity contribution is 7.47. The molecule has 5 N–H and O–H groups in total. The molecule has 4 heterocycles. The van der Waals surface area contributed by atoms with Crippen LogP contribution in [0.25, 0.3) is 11.2 Å². The molecule has 0 spiro atoms. The van der Waals surface area contributed by atoms with E-state index in [1.54, 1.807) is 0 Å². The third kappa shape index (κ3) is 2.27. The van der Waals surface area contributed by atoms with Crippen LogP contribution in [0, 0.1) is 0 Å². The largest absolute Gasteiger partial charge is 0.472 e. The van der Waals surface area contributed by atoms with Gasteiger partial charge in [-0.15, -0.1) is 0 Å². The predicted octanol–water partition coefficient (Wildman–Crippen LogP) is -1.52. The summed E-state index contributed by atoms with van der Waals surface area (Å²) < 4.78 is 27.9. The van der Waals surface area contributed by atoms with E-state index < -0.39 is 37.9 Å². The molecule has 13 heteroatoms. The Kier molecular flexibility index (Phi) is 3.10. The van der Waals surface area contributed by atoms with Crippen molar-refractivity contribution < 1.29 is 28.3 Å². The van der Waals surface area contributed by atoms with Crippen molar-refractivity contribution in [1.29, 1.82) is 0 Å². The number of anilines is 1. The molecule has 4 rings (SSSR count). The molecule has 2 aromatic rings. The summed E-state index contributed by atoms with van der Waals surface area (Å²) in [7, 11) is -4.22. The van der Waals surface area contributed by atoms with Gasteiger partial charge >= 0.3 is 7.82 Å². The minimum atomic E-state index is -4.22. The molecular weight excluding hydrogens is 333 g/mol. The highest BCUT2D eigenvalue weighted by Gasteiger charge is 2.52. The second-order valence-electron chi connectivity index (χ2n) is 5.17. The van der Waals surface area contributed by atoms with E-state index in [9.17, 15) is 19.4 Å². The normalized spacial score (nSPS) is 37.1. The molecular formula is C10H12N5O7P. The number of nitrogens with two attached hydrogens (primary N) is 1. The molecule has 2 aromatic heterocycles. The van der Waals surface area contributed by atoms with Gasteiger partial charge in [0.2, 0.25) is 5.95 Å². The smallest absolute Gasteiger partial charge is 0.386 e. The van der Waals surface area contributed by atoms with E-state index in [2.05, 4.69) is 19.5 Å². The van der Waals surface area contributed by atoms with Gasteiger partial charge in [-0.3, -0.25) is 23.4 Å². The standard InChI is InChI=1S/C10H12N5O7P/c11-10-13-7-4(8(17)14-10)12-2-15(7)9-5(16)6-3(21-9)1-20-23(18,19)22-6/h2-3,5-6,9,16H,1H2,(H,18,19)(H3,11,13,14,17)/t3?,5?,6-,9+/m0/s1. The Labute approximate surface area is 127 Å². The number of nitrogen functional groups attached to an aromatic ring is 1. The van der Waals surface area contributed by atoms with E-state index in [1.165, 1.54) is 10.9 Å². The zero-order chi connectivity index (χ0) is 16.4. The summed E-state index contributed by atoms with van der Waals surface area (Å²) in [5.74, 6) is -0.117. The number of imidazole rings is 1. The molecule has 5 atom stereocenters. The zero-order valence-corrected chi connectivity index (χ0v) is 12.3. The molecule has 12 nitrogen and oxygen atoms in total. The molecule has 2 saturated heterocycles. The Bertz CT molecular complexity index is 880. The van der Waals surface area contributed by atoms with E-state index in [0.29, 0.717) is 0 Å². The maximum absolute atomic E-state index is 11.8. The maximum atomic E-state index is 11.8. The Morgan fingerprint density at radius 3 is 3.09 bits per heavy atom. The summed E-state index contributed by atoms with van der Waals surface area (Å²) in [6, 6.07) is 0. The highest BCUT2D eigenvalue weighted by atomic mass is 31.2. The molecule has 0 aliphatic carbocycles. The zero-order valence-electron chi connectivity index (χ0n) is 11.4. The summed E-state index contributed by atoms with van der Waals surface area (Å²) in [6.07, 6.45) is -2.85. The highest BCUT2D eigenvalue weighted by Crippen LogP contribution is 2.52. The third-order valence-electron chi connectivity index (χ3n) is 3.69. The van der Waals surface area contributed by atoms with Gasteiger partial charge in [0.05, 0.1) is 12.9 Å². The van der Waals surface area contributed by atoms with Crippen LogP contribution in [-0.2, 0) is 18.3 Å². The van der Waals surface area contributed by atoms with E-state index in [1.807, 2.05) is 0 Å². The Balaban J connectivity index is 1.75. The van der Waals surface area contributed by atoms with Crippen molar-refractivity contribution >= 4 is 24.9 Å². The number of ether oxygens (including phenoxy) is 1. The van der Waals surface area contributed by atoms with Gasteiger partial charge in [-0.25, -0.2) is 9.55 Å². The van der Waals surface area contributed by atoms with Gasteiger partial charge in [0.25, 0.3) is 5.56 Å². The number of H-pyrrole nitrogens is 1. The van der Waals surface area contributed by atoms with Gasteiger partial charge in [-0.1, -0.05) is 0 Å². The first kappa shape index (κ1) is 14.8. The number of aromatic nitrogens is 4. The summed E-state index contributed by atoms with van der Waals surface area (Å²) in [6.45, 7) is -0.214. The fourth-order valence-corrected chi connectivity index (χ4v) is 3.66. The summed E-state index contributed by atoms with van der Waals surface area (Å²) in [5.41, 5.74) is 5.12. The molecule has 23 heavy (non-hydrogen) atoms. The number of rotatable bonds is 1. The summed E-state index contributed by atoms with van der Waals surface area (Å²) >= 11 is 0. The number of aliphatic hydroxyl groups excluding tert-OH is 1. The summed E-state index contributed by atoms with van der Waals surface area (Å²) in [5, 5.41) is 10.4. The lowest BCUT2D eigenvalue weighted by atomic mass is 10.1. The first-order valence-corrected chi connectivity index (χ1v) is 8.07. The number of aliphatic hydroxyl groups is 1. The molecule has 0 aromatic carbocycles. The van der Waals surface area contributed by atoms with Gasteiger partial charge < -0.3 is 20.5 Å². The third-order valence-corrected chi connectivity index (χ3v) is 4.68. The number of nitrogens with one attached hydrogen (secondary N) is 1. The number of fused-ring (bicyclic) bond motifs is 2. The van der Waals surface area contributed by atoms with Crippen LogP contribution >= 0.6 is 7.82 Å². The van der Waals surface area contributed by atoms with Crippen molar-refractivity contribution in [2.45, 2.75) is 24.5 Å². The van der Waals surface area contributed by atoms with E-state index in [0.717, 1.165) is 0 Å². The first-order chi connectivity index (χ1) is 10.9. The minimum absolute atomic E-state index is 0.0230. The maximum Gasteiger partial charge on any atom is 0.472 e. The van der Waals surface area contributed by atoms with Gasteiger partial charge in [0.15, 0.2) is 17.4 Å². The lowest BCUT2D eigenvalue weighted by Gasteiger charge is -2.27. The van der Waals surface area contributed by atoms with Crippen LogP contribution in [0.15, 0.2) is 11.1 Å².